The molecule has 2 aromatic carbocycles. The van der Waals surface area contributed by atoms with Crippen molar-refractivity contribution in [3.8, 4) is 0 Å². The fraction of sp³-hybridized carbons (Fsp3) is 0.370. The van der Waals surface area contributed by atoms with Gasteiger partial charge in [-0.1, -0.05) is 54.8 Å². The van der Waals surface area contributed by atoms with E-state index in [0.717, 1.165) is 55.5 Å². The van der Waals surface area contributed by atoms with E-state index < -0.39 is 0 Å². The van der Waals surface area contributed by atoms with Crippen LogP contribution < -0.4 is 10.6 Å². The van der Waals surface area contributed by atoms with Crippen molar-refractivity contribution < 1.29 is 14.1 Å². The molecule has 2 aliphatic carbocycles. The van der Waals surface area contributed by atoms with Crippen LogP contribution in [0.1, 0.15) is 89.1 Å². The lowest BCUT2D eigenvalue weighted by molar-refractivity contribution is 0.0903. The number of carbonyl (C=O) groups excluding carboxylic acids is 2. The number of amides is 2. The molecule has 1 heterocycles. The van der Waals surface area contributed by atoms with Crippen molar-refractivity contribution in [3.63, 3.8) is 0 Å². The molecule has 0 aliphatic heterocycles. The van der Waals surface area contributed by atoms with Crippen LogP contribution in [0.4, 0.5) is 5.69 Å². The minimum absolute atomic E-state index is 0.164. The molecule has 0 unspecified atom stereocenters. The zero-order valence-corrected chi connectivity index (χ0v) is 18.6. The zero-order valence-electron chi connectivity index (χ0n) is 18.6. The number of para-hydroxylation sites is 1. The quantitative estimate of drug-likeness (QED) is 0.479. The molecule has 2 N–H and O–H groups in total. The minimum atomic E-state index is -0.222. The van der Waals surface area contributed by atoms with Gasteiger partial charge in [-0.3, -0.25) is 9.59 Å². The van der Waals surface area contributed by atoms with Gasteiger partial charge < -0.3 is 15.2 Å². The molecule has 33 heavy (non-hydrogen) atoms. The van der Waals surface area contributed by atoms with Gasteiger partial charge in [0.05, 0.1) is 6.04 Å². The van der Waals surface area contributed by atoms with E-state index in [1.165, 1.54) is 6.42 Å². The third-order valence-electron chi connectivity index (χ3n) is 6.69. The highest BCUT2D eigenvalue weighted by Gasteiger charge is 2.31. The first-order valence-electron chi connectivity index (χ1n) is 11.9. The molecule has 1 aromatic heterocycles. The second kappa shape index (κ2) is 9.61. The van der Waals surface area contributed by atoms with E-state index in [1.807, 2.05) is 48.5 Å². The molecule has 2 fully saturated rings. The lowest BCUT2D eigenvalue weighted by atomic mass is 9.80. The molecule has 6 heteroatoms. The van der Waals surface area contributed by atoms with Crippen LogP contribution in [0.3, 0.4) is 0 Å². The predicted molar refractivity (Wildman–Crippen MR) is 126 cm³/mol. The molecule has 1 atom stereocenters. The van der Waals surface area contributed by atoms with Crippen molar-refractivity contribution in [1.29, 1.82) is 0 Å². The number of nitrogens with one attached hydrogen (secondary N) is 2. The molecule has 3 aromatic rings. The van der Waals surface area contributed by atoms with E-state index in [4.69, 9.17) is 4.52 Å². The summed E-state index contributed by atoms with van der Waals surface area (Å²) in [6, 6.07) is 18.6. The van der Waals surface area contributed by atoms with E-state index in [9.17, 15) is 9.59 Å². The number of nitrogens with zero attached hydrogens (tertiary/aromatic N) is 1. The Kier molecular flexibility index (Phi) is 6.24. The van der Waals surface area contributed by atoms with Gasteiger partial charge in [-0.05, 0) is 61.4 Å². The summed E-state index contributed by atoms with van der Waals surface area (Å²) in [5, 5.41) is 10.2. The van der Waals surface area contributed by atoms with Gasteiger partial charge in [0.25, 0.3) is 11.8 Å². The first-order valence-corrected chi connectivity index (χ1v) is 11.9. The van der Waals surface area contributed by atoms with Crippen LogP contribution in [-0.2, 0) is 0 Å². The topological polar surface area (TPSA) is 84.2 Å². The molecular formula is C27H29N3O3. The Morgan fingerprint density at radius 3 is 2.42 bits per heavy atom. The minimum Gasteiger partial charge on any atom is -0.360 e. The summed E-state index contributed by atoms with van der Waals surface area (Å²) in [6.45, 7) is 0. The lowest BCUT2D eigenvalue weighted by Crippen LogP contribution is -2.34. The third-order valence-corrected chi connectivity index (χ3v) is 6.69. The summed E-state index contributed by atoms with van der Waals surface area (Å²) in [7, 11) is 0. The molecule has 2 saturated carbocycles. The molecule has 2 amide bonds. The van der Waals surface area contributed by atoms with E-state index in [1.54, 1.807) is 12.1 Å². The number of hydrogen-bond donors (Lipinski definition) is 2. The van der Waals surface area contributed by atoms with Gasteiger partial charge in [-0.2, -0.15) is 0 Å². The van der Waals surface area contributed by atoms with Gasteiger partial charge in [-0.25, -0.2) is 0 Å². The smallest absolute Gasteiger partial charge is 0.273 e. The van der Waals surface area contributed by atoms with E-state index >= 15 is 0 Å². The fourth-order valence-corrected chi connectivity index (χ4v) is 4.71. The Bertz CT molecular complexity index is 1110. The Hall–Kier alpha value is -3.41. The Morgan fingerprint density at radius 2 is 1.67 bits per heavy atom. The first kappa shape index (κ1) is 21.4. The Morgan fingerprint density at radius 1 is 0.879 bits per heavy atom. The molecular weight excluding hydrogens is 414 g/mol. The number of aromatic nitrogens is 1. The van der Waals surface area contributed by atoms with Crippen LogP contribution in [0.5, 0.6) is 0 Å². The largest absolute Gasteiger partial charge is 0.360 e. The summed E-state index contributed by atoms with van der Waals surface area (Å²) >= 11 is 0. The summed E-state index contributed by atoms with van der Waals surface area (Å²) in [6.07, 6.45) is 7.83. The zero-order chi connectivity index (χ0) is 22.6. The van der Waals surface area contributed by atoms with Crippen molar-refractivity contribution in [2.24, 2.45) is 5.92 Å². The maximum atomic E-state index is 13.1. The number of benzene rings is 2. The molecule has 2 aliphatic rings. The Labute approximate surface area is 193 Å². The molecule has 0 bridgehead atoms. The van der Waals surface area contributed by atoms with Crippen molar-refractivity contribution >= 4 is 17.5 Å². The average Bonchev–Trinajstić information content (AvgIpc) is 3.59. The van der Waals surface area contributed by atoms with Crippen LogP contribution in [0.2, 0.25) is 0 Å². The van der Waals surface area contributed by atoms with Crippen LogP contribution >= 0.6 is 0 Å². The van der Waals surface area contributed by atoms with Crippen LogP contribution in [-0.4, -0.2) is 17.0 Å². The molecule has 0 spiro atoms. The van der Waals surface area contributed by atoms with E-state index in [-0.39, 0.29) is 17.9 Å². The second-order valence-corrected chi connectivity index (χ2v) is 9.18. The average molecular weight is 444 g/mol. The molecule has 0 radical (unpaired) electrons. The van der Waals surface area contributed by atoms with Gasteiger partial charge in [0.15, 0.2) is 5.69 Å². The van der Waals surface area contributed by atoms with Crippen molar-refractivity contribution in [2.75, 3.05) is 5.32 Å². The number of anilines is 1. The highest BCUT2D eigenvalue weighted by Crippen LogP contribution is 2.40. The summed E-state index contributed by atoms with van der Waals surface area (Å²) in [5.41, 5.74) is 2.60. The van der Waals surface area contributed by atoms with E-state index in [2.05, 4.69) is 15.8 Å². The maximum absolute atomic E-state index is 13.1. The first-order chi connectivity index (χ1) is 16.2. The second-order valence-electron chi connectivity index (χ2n) is 9.18. The number of hydrogen-bond acceptors (Lipinski definition) is 4. The fourth-order valence-electron chi connectivity index (χ4n) is 4.71. The van der Waals surface area contributed by atoms with Crippen LogP contribution in [0, 0.1) is 5.92 Å². The van der Waals surface area contributed by atoms with Crippen molar-refractivity contribution in [3.05, 3.63) is 83.2 Å². The predicted octanol–water partition coefficient (Wildman–Crippen LogP) is 5.86. The monoisotopic (exact) mass is 443 g/mol. The number of carbonyl (C=O) groups is 2. The normalized spacial score (nSPS) is 17.3. The van der Waals surface area contributed by atoms with Gasteiger partial charge in [0.1, 0.15) is 5.76 Å². The van der Waals surface area contributed by atoms with Crippen molar-refractivity contribution in [1.82, 2.24) is 10.5 Å². The van der Waals surface area contributed by atoms with Gasteiger partial charge >= 0.3 is 0 Å². The van der Waals surface area contributed by atoms with Crippen LogP contribution in [0.15, 0.2) is 65.2 Å². The van der Waals surface area contributed by atoms with Gasteiger partial charge in [0.2, 0.25) is 0 Å². The van der Waals surface area contributed by atoms with E-state index in [0.29, 0.717) is 23.1 Å². The molecule has 6 nitrogen and oxygen atoms in total. The van der Waals surface area contributed by atoms with Gasteiger partial charge in [-0.15, -0.1) is 0 Å². The highest BCUT2D eigenvalue weighted by molar-refractivity contribution is 6.04. The van der Waals surface area contributed by atoms with Crippen molar-refractivity contribution in [2.45, 2.75) is 56.9 Å². The summed E-state index contributed by atoms with van der Waals surface area (Å²) < 4.78 is 5.39. The third kappa shape index (κ3) is 5.16. The maximum Gasteiger partial charge on any atom is 0.273 e. The standard InChI is InChI=1S/C27H29N3O3/c31-26(28-22-12-5-2-6-13-22)21-11-7-10-20(16-21)25(19-8-3-1-4-9-19)29-27(32)23-17-24(33-30-23)18-14-15-18/h2,5-7,10-13,16-19,25H,1,3-4,8-9,14-15H2,(H,28,31)(H,29,32)/t25-/m0/s1. The Balaban J connectivity index is 1.37. The van der Waals surface area contributed by atoms with Gasteiger partial charge in [0, 0.05) is 23.2 Å². The summed E-state index contributed by atoms with van der Waals surface area (Å²) in [5.74, 6) is 1.15. The molecule has 170 valence electrons. The lowest BCUT2D eigenvalue weighted by Gasteiger charge is -2.31. The highest BCUT2D eigenvalue weighted by atomic mass is 16.5. The van der Waals surface area contributed by atoms with Crippen LogP contribution in [0.25, 0.3) is 0 Å². The summed E-state index contributed by atoms with van der Waals surface area (Å²) in [4.78, 5) is 25.9. The molecule has 0 saturated heterocycles. The molecule has 5 rings (SSSR count). The number of rotatable bonds is 7. The SMILES string of the molecule is O=C(Nc1ccccc1)c1cccc([C@@H](NC(=O)c2cc(C3CC3)on2)C2CCCCC2)c1.